The van der Waals surface area contributed by atoms with Crippen molar-refractivity contribution in [2.24, 2.45) is 7.05 Å². The van der Waals surface area contributed by atoms with Crippen LogP contribution in [-0.2, 0) is 11.8 Å². The van der Waals surface area contributed by atoms with Gasteiger partial charge in [-0.1, -0.05) is 11.6 Å². The number of aryl methyl sites for hydroxylation is 1. The highest BCUT2D eigenvalue weighted by molar-refractivity contribution is 6.30. The van der Waals surface area contributed by atoms with E-state index in [1.807, 2.05) is 36.5 Å². The van der Waals surface area contributed by atoms with Gasteiger partial charge in [0.1, 0.15) is 5.75 Å². The normalized spacial score (nSPS) is 17.2. The Balaban J connectivity index is 1.46. The summed E-state index contributed by atoms with van der Waals surface area (Å²) in [5.41, 5.74) is 1.13. The van der Waals surface area contributed by atoms with Crippen LogP contribution in [0.2, 0.25) is 5.02 Å². The topological polar surface area (TPSA) is 47.4 Å². The van der Waals surface area contributed by atoms with Crippen molar-refractivity contribution >= 4 is 17.5 Å². The molecule has 1 fully saturated rings. The van der Waals surface area contributed by atoms with E-state index in [2.05, 4.69) is 5.10 Å². The van der Waals surface area contributed by atoms with Crippen LogP contribution in [0.5, 0.6) is 5.75 Å². The summed E-state index contributed by atoms with van der Waals surface area (Å²) < 4.78 is 7.43. The quantitative estimate of drug-likeness (QED) is 0.750. The maximum Gasteiger partial charge on any atom is 0.223 e. The van der Waals surface area contributed by atoms with E-state index in [4.69, 9.17) is 16.3 Å². The predicted octanol–water partition coefficient (Wildman–Crippen LogP) is 3.60. The molecule has 1 aliphatic rings. The Morgan fingerprint density at radius 3 is 2.88 bits per heavy atom. The minimum Gasteiger partial charge on any atom is -0.494 e. The lowest BCUT2D eigenvalue weighted by molar-refractivity contribution is -0.132. The molecule has 0 aliphatic carbocycles. The Kier molecular flexibility index (Phi) is 5.41. The minimum absolute atomic E-state index is 0.170. The Morgan fingerprint density at radius 2 is 2.17 bits per heavy atom. The van der Waals surface area contributed by atoms with Crippen molar-refractivity contribution in [2.45, 2.75) is 31.7 Å². The van der Waals surface area contributed by atoms with Crippen LogP contribution < -0.4 is 4.74 Å². The number of halogens is 1. The molecule has 0 bridgehead atoms. The zero-order chi connectivity index (χ0) is 16.9. The standard InChI is InChI=1S/C18H22ClN3O2/c1-21-13-14(12-20-21)17-4-2-10-22(17)18(23)5-3-11-24-16-8-6-15(19)7-9-16/h6-9,12-13,17H,2-5,10-11H2,1H3/t17-/m0/s1. The fraction of sp³-hybridized carbons (Fsp3) is 0.444. The van der Waals surface area contributed by atoms with E-state index in [0.717, 1.165) is 30.7 Å². The summed E-state index contributed by atoms with van der Waals surface area (Å²) in [6.07, 6.45) is 7.13. The number of hydrogen-bond acceptors (Lipinski definition) is 3. The highest BCUT2D eigenvalue weighted by Crippen LogP contribution is 2.32. The van der Waals surface area contributed by atoms with Crippen molar-refractivity contribution in [1.29, 1.82) is 0 Å². The van der Waals surface area contributed by atoms with Gasteiger partial charge in [0.2, 0.25) is 5.91 Å². The Morgan fingerprint density at radius 1 is 1.38 bits per heavy atom. The fourth-order valence-corrected chi connectivity index (χ4v) is 3.24. The molecule has 1 aromatic carbocycles. The largest absolute Gasteiger partial charge is 0.494 e. The van der Waals surface area contributed by atoms with Gasteiger partial charge >= 0.3 is 0 Å². The summed E-state index contributed by atoms with van der Waals surface area (Å²) in [4.78, 5) is 14.5. The summed E-state index contributed by atoms with van der Waals surface area (Å²) in [6, 6.07) is 7.44. The number of carbonyl (C=O) groups is 1. The second-order valence-electron chi connectivity index (χ2n) is 6.10. The van der Waals surface area contributed by atoms with E-state index in [9.17, 15) is 4.79 Å². The van der Waals surface area contributed by atoms with Gasteiger partial charge in [-0.25, -0.2) is 0 Å². The van der Waals surface area contributed by atoms with E-state index in [1.165, 1.54) is 0 Å². The molecule has 1 aromatic heterocycles. The molecular formula is C18H22ClN3O2. The summed E-state index contributed by atoms with van der Waals surface area (Å²) in [6.45, 7) is 1.36. The molecule has 0 N–H and O–H groups in total. The maximum atomic E-state index is 12.5. The van der Waals surface area contributed by atoms with Crippen LogP contribution >= 0.6 is 11.6 Å². The Hall–Kier alpha value is -2.01. The molecule has 6 heteroatoms. The third kappa shape index (κ3) is 4.09. The maximum absolute atomic E-state index is 12.5. The summed E-state index contributed by atoms with van der Waals surface area (Å²) in [5, 5.41) is 4.91. The van der Waals surface area contributed by atoms with Gasteiger partial charge in [-0.2, -0.15) is 5.10 Å². The van der Waals surface area contributed by atoms with E-state index < -0.39 is 0 Å². The van der Waals surface area contributed by atoms with Gasteiger partial charge in [-0.15, -0.1) is 0 Å². The molecule has 2 aromatic rings. The second-order valence-corrected chi connectivity index (χ2v) is 6.53. The molecule has 0 unspecified atom stereocenters. The molecule has 1 saturated heterocycles. The highest BCUT2D eigenvalue weighted by Gasteiger charge is 2.30. The van der Waals surface area contributed by atoms with Crippen molar-refractivity contribution in [2.75, 3.05) is 13.2 Å². The van der Waals surface area contributed by atoms with E-state index in [-0.39, 0.29) is 11.9 Å². The molecule has 1 amide bonds. The van der Waals surface area contributed by atoms with E-state index in [1.54, 1.807) is 16.8 Å². The van der Waals surface area contributed by atoms with Gasteiger partial charge in [0.15, 0.2) is 0 Å². The predicted molar refractivity (Wildman–Crippen MR) is 93.1 cm³/mol. The number of amides is 1. The van der Waals surface area contributed by atoms with Crippen molar-refractivity contribution in [3.8, 4) is 5.75 Å². The SMILES string of the molecule is Cn1cc([C@@H]2CCCN2C(=O)CCCOc2ccc(Cl)cc2)cn1. The van der Waals surface area contributed by atoms with Gasteiger partial charge < -0.3 is 9.64 Å². The van der Waals surface area contributed by atoms with Crippen LogP contribution in [0.3, 0.4) is 0 Å². The van der Waals surface area contributed by atoms with Crippen molar-refractivity contribution in [3.05, 3.63) is 47.2 Å². The van der Waals surface area contributed by atoms with E-state index in [0.29, 0.717) is 24.5 Å². The first-order valence-corrected chi connectivity index (χ1v) is 8.67. The van der Waals surface area contributed by atoms with Crippen molar-refractivity contribution in [3.63, 3.8) is 0 Å². The lowest BCUT2D eigenvalue weighted by Gasteiger charge is -2.24. The first-order valence-electron chi connectivity index (χ1n) is 8.30. The molecule has 0 saturated carbocycles. The lowest BCUT2D eigenvalue weighted by Crippen LogP contribution is -2.30. The molecule has 5 nitrogen and oxygen atoms in total. The monoisotopic (exact) mass is 347 g/mol. The number of likely N-dealkylation sites (tertiary alicyclic amines) is 1. The number of ether oxygens (including phenoxy) is 1. The van der Waals surface area contributed by atoms with Crippen molar-refractivity contribution in [1.82, 2.24) is 14.7 Å². The summed E-state index contributed by atoms with van der Waals surface area (Å²) in [5.74, 6) is 0.974. The molecule has 0 spiro atoms. The fourth-order valence-electron chi connectivity index (χ4n) is 3.11. The van der Waals surface area contributed by atoms with Gasteiger partial charge in [-0.05, 0) is 43.5 Å². The molecule has 2 heterocycles. The Bertz CT molecular complexity index is 684. The van der Waals surface area contributed by atoms with Crippen LogP contribution in [0.4, 0.5) is 0 Å². The molecule has 128 valence electrons. The zero-order valence-electron chi connectivity index (χ0n) is 13.8. The second kappa shape index (κ2) is 7.71. The number of hydrogen-bond donors (Lipinski definition) is 0. The third-order valence-corrected chi connectivity index (χ3v) is 4.55. The molecule has 24 heavy (non-hydrogen) atoms. The molecule has 1 aliphatic heterocycles. The van der Waals surface area contributed by atoms with Gasteiger partial charge in [0.25, 0.3) is 0 Å². The average Bonchev–Trinajstić information content (AvgIpc) is 3.21. The first-order chi connectivity index (χ1) is 11.6. The first kappa shape index (κ1) is 16.8. The summed E-state index contributed by atoms with van der Waals surface area (Å²) in [7, 11) is 1.90. The minimum atomic E-state index is 0.170. The third-order valence-electron chi connectivity index (χ3n) is 4.30. The highest BCUT2D eigenvalue weighted by atomic mass is 35.5. The van der Waals surface area contributed by atoms with Crippen LogP contribution in [0.25, 0.3) is 0 Å². The molecule has 1 atom stereocenters. The van der Waals surface area contributed by atoms with Crippen molar-refractivity contribution < 1.29 is 9.53 Å². The van der Waals surface area contributed by atoms with E-state index >= 15 is 0 Å². The number of nitrogens with zero attached hydrogens (tertiary/aromatic N) is 3. The molecular weight excluding hydrogens is 326 g/mol. The van der Waals surface area contributed by atoms with Gasteiger partial charge in [-0.3, -0.25) is 9.48 Å². The zero-order valence-corrected chi connectivity index (χ0v) is 14.6. The number of benzene rings is 1. The number of aromatic nitrogens is 2. The molecule has 3 rings (SSSR count). The number of carbonyl (C=O) groups excluding carboxylic acids is 1. The Labute approximate surface area is 147 Å². The smallest absolute Gasteiger partial charge is 0.223 e. The van der Waals surface area contributed by atoms with Crippen LogP contribution in [0.15, 0.2) is 36.7 Å². The van der Waals surface area contributed by atoms with Crippen LogP contribution in [0.1, 0.15) is 37.3 Å². The molecule has 0 radical (unpaired) electrons. The summed E-state index contributed by atoms with van der Waals surface area (Å²) >= 11 is 5.84. The average molecular weight is 348 g/mol. The van der Waals surface area contributed by atoms with Gasteiger partial charge in [0.05, 0.1) is 18.8 Å². The van der Waals surface area contributed by atoms with Gasteiger partial charge in [0, 0.05) is 36.8 Å². The van der Waals surface area contributed by atoms with Crippen LogP contribution in [0, 0.1) is 0 Å². The lowest BCUT2D eigenvalue weighted by atomic mass is 10.1. The number of rotatable bonds is 6. The van der Waals surface area contributed by atoms with Crippen LogP contribution in [-0.4, -0.2) is 33.7 Å².